The number of aryl methyl sites for hydroxylation is 1. The smallest absolute Gasteiger partial charge is 0.147 e. The van der Waals surface area contributed by atoms with Gasteiger partial charge < -0.3 is 5.32 Å². The van der Waals surface area contributed by atoms with Crippen LogP contribution in [0, 0.1) is 6.92 Å². The van der Waals surface area contributed by atoms with E-state index in [0.29, 0.717) is 6.42 Å². The van der Waals surface area contributed by atoms with Gasteiger partial charge in [-0.15, -0.1) is 0 Å². The third kappa shape index (κ3) is 5.98. The summed E-state index contributed by atoms with van der Waals surface area (Å²) in [6.45, 7) is 4.80. The highest BCUT2D eigenvalue weighted by Crippen LogP contribution is 2.18. The Kier molecular flexibility index (Phi) is 5.82. The number of sulfone groups is 1. The molecule has 1 N–H and O–H groups in total. The van der Waals surface area contributed by atoms with Crippen LogP contribution in [-0.4, -0.2) is 26.5 Å². The van der Waals surface area contributed by atoms with Gasteiger partial charge in [-0.25, -0.2) is 8.42 Å². The Morgan fingerprint density at radius 2 is 2.06 bits per heavy atom. The molecular weight excluding hydrogens is 314 g/mol. The summed E-state index contributed by atoms with van der Waals surface area (Å²) in [5.74, 6) is 0.232. The van der Waals surface area contributed by atoms with Gasteiger partial charge in [0.05, 0.1) is 5.75 Å². The minimum atomic E-state index is -2.87. The van der Waals surface area contributed by atoms with E-state index < -0.39 is 9.84 Å². The second-order valence-electron chi connectivity index (χ2n) is 4.80. The molecule has 1 aromatic carbocycles. The molecule has 0 heterocycles. The highest BCUT2D eigenvalue weighted by Gasteiger charge is 2.08. The van der Waals surface area contributed by atoms with Gasteiger partial charge in [0.1, 0.15) is 9.84 Å². The van der Waals surface area contributed by atoms with Crippen molar-refractivity contribution in [2.75, 3.05) is 12.0 Å². The number of nitrogens with one attached hydrogen (secondary N) is 1. The lowest BCUT2D eigenvalue weighted by Gasteiger charge is -2.14. The number of rotatable bonds is 6. The van der Waals surface area contributed by atoms with Crippen molar-refractivity contribution in [2.24, 2.45) is 0 Å². The molecule has 0 saturated carbocycles. The van der Waals surface area contributed by atoms with E-state index in [1.165, 1.54) is 17.4 Å². The molecule has 0 aliphatic rings. The predicted octanol–water partition coefficient (Wildman–Crippen LogP) is 2.67. The van der Waals surface area contributed by atoms with Crippen molar-refractivity contribution in [1.82, 2.24) is 5.32 Å². The van der Waals surface area contributed by atoms with Gasteiger partial charge >= 0.3 is 0 Å². The Labute approximate surface area is 118 Å². The van der Waals surface area contributed by atoms with Crippen LogP contribution in [0.15, 0.2) is 22.7 Å². The van der Waals surface area contributed by atoms with Gasteiger partial charge in [-0.2, -0.15) is 0 Å². The lowest BCUT2D eigenvalue weighted by Crippen LogP contribution is -2.27. The molecule has 0 bridgehead atoms. The molecule has 3 nitrogen and oxygen atoms in total. The van der Waals surface area contributed by atoms with Crippen LogP contribution in [-0.2, 0) is 16.4 Å². The number of hydrogen-bond acceptors (Lipinski definition) is 3. The van der Waals surface area contributed by atoms with E-state index in [9.17, 15) is 8.42 Å². The Morgan fingerprint density at radius 3 is 2.61 bits per heavy atom. The Morgan fingerprint density at radius 1 is 1.39 bits per heavy atom. The van der Waals surface area contributed by atoms with Gasteiger partial charge in [-0.3, -0.25) is 0 Å². The Balaban J connectivity index is 2.45. The number of benzene rings is 1. The largest absolute Gasteiger partial charge is 0.310 e. The van der Waals surface area contributed by atoms with Crippen molar-refractivity contribution in [3.05, 3.63) is 33.8 Å². The van der Waals surface area contributed by atoms with Crippen LogP contribution < -0.4 is 5.32 Å². The molecule has 5 heteroatoms. The first-order valence-electron chi connectivity index (χ1n) is 5.94. The molecule has 0 unspecified atom stereocenters. The molecule has 0 radical (unpaired) electrons. The van der Waals surface area contributed by atoms with Crippen LogP contribution in [0.5, 0.6) is 0 Å². The second kappa shape index (κ2) is 6.68. The molecule has 0 spiro atoms. The van der Waals surface area contributed by atoms with Crippen LogP contribution in [0.25, 0.3) is 0 Å². The first-order valence-corrected chi connectivity index (χ1v) is 8.79. The molecule has 18 heavy (non-hydrogen) atoms. The molecule has 1 aromatic rings. The maximum Gasteiger partial charge on any atom is 0.147 e. The van der Waals surface area contributed by atoms with E-state index in [-0.39, 0.29) is 11.8 Å². The van der Waals surface area contributed by atoms with Crippen molar-refractivity contribution in [3.8, 4) is 0 Å². The Hall–Kier alpha value is -0.390. The van der Waals surface area contributed by atoms with E-state index in [1.807, 2.05) is 6.92 Å². The molecule has 1 atom stereocenters. The van der Waals surface area contributed by atoms with Gasteiger partial charge in [0.2, 0.25) is 0 Å². The van der Waals surface area contributed by atoms with Crippen molar-refractivity contribution in [2.45, 2.75) is 32.9 Å². The van der Waals surface area contributed by atoms with Crippen LogP contribution in [0.2, 0.25) is 0 Å². The molecule has 1 rings (SSSR count). The van der Waals surface area contributed by atoms with Crippen LogP contribution in [0.1, 0.15) is 24.5 Å². The fourth-order valence-corrected chi connectivity index (χ4v) is 2.99. The number of hydrogen-bond donors (Lipinski definition) is 1. The first-order chi connectivity index (χ1) is 8.28. The lowest BCUT2D eigenvalue weighted by atomic mass is 10.1. The second-order valence-corrected chi connectivity index (χ2v) is 7.91. The topological polar surface area (TPSA) is 46.2 Å². The summed E-state index contributed by atoms with van der Waals surface area (Å²) in [6, 6.07) is 6.42. The third-order valence-corrected chi connectivity index (χ3v) is 4.49. The quantitative estimate of drug-likeness (QED) is 0.870. The van der Waals surface area contributed by atoms with Gasteiger partial charge in [0.25, 0.3) is 0 Å². The molecule has 0 amide bonds. The van der Waals surface area contributed by atoms with Gasteiger partial charge in [-0.1, -0.05) is 28.1 Å². The fraction of sp³-hybridized carbons (Fsp3) is 0.538. The zero-order chi connectivity index (χ0) is 13.8. The maximum atomic E-state index is 11.1. The lowest BCUT2D eigenvalue weighted by molar-refractivity contribution is 0.527. The zero-order valence-corrected chi connectivity index (χ0v) is 13.4. The summed E-state index contributed by atoms with van der Waals surface area (Å²) in [7, 11) is -2.87. The van der Waals surface area contributed by atoms with Crippen molar-refractivity contribution in [1.29, 1.82) is 0 Å². The molecule has 0 aromatic heterocycles. The van der Waals surface area contributed by atoms with Crippen molar-refractivity contribution >= 4 is 25.8 Å². The molecule has 102 valence electrons. The fourth-order valence-electron chi connectivity index (χ4n) is 1.57. The minimum Gasteiger partial charge on any atom is -0.310 e. The standard InChI is InChI=1S/C13H20BrNO2S/c1-10-4-5-12(13(14)8-10)9-15-11(2)6-7-18(3,16)17/h4-5,8,11,15H,6-7,9H2,1-3H3/t11-/m0/s1. The summed E-state index contributed by atoms with van der Waals surface area (Å²) < 4.78 is 23.2. The highest BCUT2D eigenvalue weighted by molar-refractivity contribution is 9.10. The van der Waals surface area contributed by atoms with Gasteiger partial charge in [-0.05, 0) is 37.5 Å². The van der Waals surface area contributed by atoms with E-state index in [1.54, 1.807) is 0 Å². The van der Waals surface area contributed by atoms with E-state index >= 15 is 0 Å². The van der Waals surface area contributed by atoms with Crippen LogP contribution in [0.3, 0.4) is 0 Å². The minimum absolute atomic E-state index is 0.188. The normalized spacial score (nSPS) is 13.6. The maximum absolute atomic E-state index is 11.1. The van der Waals surface area contributed by atoms with Crippen LogP contribution in [0.4, 0.5) is 0 Å². The summed E-state index contributed by atoms with van der Waals surface area (Å²) >= 11 is 3.53. The molecular formula is C13H20BrNO2S. The monoisotopic (exact) mass is 333 g/mol. The molecule has 0 saturated heterocycles. The first kappa shape index (κ1) is 15.7. The SMILES string of the molecule is Cc1ccc(CN[C@@H](C)CCS(C)(=O)=O)c(Br)c1. The third-order valence-electron chi connectivity index (χ3n) is 2.77. The Bertz CT molecular complexity index is 500. The molecule has 0 aliphatic heterocycles. The highest BCUT2D eigenvalue weighted by atomic mass is 79.9. The summed E-state index contributed by atoms with van der Waals surface area (Å²) in [4.78, 5) is 0. The van der Waals surface area contributed by atoms with E-state index in [2.05, 4.69) is 46.4 Å². The van der Waals surface area contributed by atoms with Gasteiger partial charge in [0, 0.05) is 23.3 Å². The number of halogens is 1. The average molecular weight is 334 g/mol. The van der Waals surface area contributed by atoms with Crippen LogP contribution >= 0.6 is 15.9 Å². The van der Waals surface area contributed by atoms with Crippen molar-refractivity contribution < 1.29 is 8.42 Å². The molecule has 0 fully saturated rings. The average Bonchev–Trinajstić information content (AvgIpc) is 2.24. The zero-order valence-electron chi connectivity index (χ0n) is 11.0. The van der Waals surface area contributed by atoms with Crippen molar-refractivity contribution in [3.63, 3.8) is 0 Å². The van der Waals surface area contributed by atoms with E-state index in [4.69, 9.17) is 0 Å². The summed E-state index contributed by atoms with van der Waals surface area (Å²) in [6.07, 6.45) is 1.92. The predicted molar refractivity (Wildman–Crippen MR) is 79.5 cm³/mol. The van der Waals surface area contributed by atoms with Gasteiger partial charge in [0.15, 0.2) is 0 Å². The molecule has 0 aliphatic carbocycles. The summed E-state index contributed by atoms with van der Waals surface area (Å²) in [5, 5.41) is 3.34. The van der Waals surface area contributed by atoms with E-state index in [0.717, 1.165) is 11.0 Å². The summed E-state index contributed by atoms with van der Waals surface area (Å²) in [5.41, 5.74) is 2.41.